The largest absolute Gasteiger partial charge is 0.472 e. The van der Waals surface area contributed by atoms with Gasteiger partial charge in [0, 0.05) is 6.42 Å². The third-order valence-corrected chi connectivity index (χ3v) is 19.6. The van der Waals surface area contributed by atoms with E-state index in [1.54, 1.807) is 6.08 Å². The van der Waals surface area contributed by atoms with Gasteiger partial charge in [0.1, 0.15) is 13.2 Å². The van der Waals surface area contributed by atoms with E-state index in [1.807, 2.05) is 27.2 Å². The van der Waals surface area contributed by atoms with Gasteiger partial charge in [0.05, 0.1) is 39.9 Å². The Morgan fingerprint density at radius 3 is 0.899 bits per heavy atom. The standard InChI is InChI=1S/C80H157N2O6P/c1-6-8-10-12-14-16-18-20-22-24-26-28-30-32-34-36-38-40-41-42-44-46-48-50-52-54-56-58-60-62-64-66-68-70-72-74-80(84)81-78(77-88-89(85,86)87-76-75-82(3,4)5)79(83)73-71-69-67-65-63-61-59-57-55-53-51-49-47-45-43-39-37-35-33-31-29-27-25-23-21-19-17-15-13-11-9-7-2/h24,26,63,65,71,73,78-79,83H,6-23,25,27-62,64,66-70,72,74-77H2,1-5H3,(H-,81,84,85,86)/p+1/b26-24-,65-63+,73-71+. The molecule has 0 aromatic rings. The van der Waals surface area contributed by atoms with Crippen molar-refractivity contribution in [1.82, 2.24) is 5.32 Å². The Kier molecular flexibility index (Phi) is 70.0. The summed E-state index contributed by atoms with van der Waals surface area (Å²) in [6.45, 7) is 4.86. The lowest BCUT2D eigenvalue weighted by Gasteiger charge is -2.25. The molecule has 89 heavy (non-hydrogen) atoms. The third kappa shape index (κ3) is 74.0. The molecule has 3 atom stereocenters. The molecule has 9 heteroatoms. The van der Waals surface area contributed by atoms with Gasteiger partial charge in [-0.2, -0.15) is 0 Å². The quantitative estimate of drug-likeness (QED) is 0.0243. The zero-order chi connectivity index (χ0) is 64.8. The SMILES string of the molecule is CCCCCCCCCC/C=C\CCCCCCCCCCCCCCCCCCCCCCCCCC(=O)NC(COP(=O)(O)OCC[N+](C)(C)C)C(O)/C=C/CC/C=C/CCCCCCCCCCCCCCCCCCCCCCCCCCCC. The number of unbranched alkanes of at least 4 members (excludes halogenated alkanes) is 58. The summed E-state index contributed by atoms with van der Waals surface area (Å²) in [6.07, 6.45) is 96.4. The lowest BCUT2D eigenvalue weighted by Crippen LogP contribution is -2.45. The number of nitrogens with zero attached hydrogens (tertiary/aromatic N) is 1. The first-order valence-corrected chi connectivity index (χ1v) is 41.4. The molecule has 0 spiro atoms. The second kappa shape index (κ2) is 71.0. The number of quaternary nitrogens is 1. The molecule has 3 N–H and O–H groups in total. The van der Waals surface area contributed by atoms with Gasteiger partial charge >= 0.3 is 7.82 Å². The van der Waals surface area contributed by atoms with E-state index >= 15 is 0 Å². The van der Waals surface area contributed by atoms with Gasteiger partial charge < -0.3 is 19.8 Å². The van der Waals surface area contributed by atoms with Crippen molar-refractivity contribution in [2.24, 2.45) is 0 Å². The normalized spacial score (nSPS) is 13.7. The number of phosphoric acid groups is 1. The number of hydrogen-bond donors (Lipinski definition) is 3. The second-order valence-electron chi connectivity index (χ2n) is 28.8. The van der Waals surface area contributed by atoms with Crippen LogP contribution >= 0.6 is 7.82 Å². The first kappa shape index (κ1) is 87.7. The molecule has 3 unspecified atom stereocenters. The molecule has 0 aliphatic heterocycles. The van der Waals surface area contributed by atoms with E-state index in [9.17, 15) is 19.4 Å². The van der Waals surface area contributed by atoms with E-state index < -0.39 is 20.0 Å². The van der Waals surface area contributed by atoms with Crippen LogP contribution in [0.5, 0.6) is 0 Å². The summed E-state index contributed by atoms with van der Waals surface area (Å²) in [4.78, 5) is 23.5. The van der Waals surface area contributed by atoms with Crippen LogP contribution in [0.1, 0.15) is 418 Å². The van der Waals surface area contributed by atoms with Gasteiger partial charge in [-0.3, -0.25) is 13.8 Å². The monoisotopic (exact) mass is 1270 g/mol. The van der Waals surface area contributed by atoms with Crippen LogP contribution in [0, 0.1) is 0 Å². The molecule has 1 amide bonds. The number of phosphoric ester groups is 1. The number of aliphatic hydroxyl groups excluding tert-OH is 1. The minimum atomic E-state index is -4.36. The summed E-state index contributed by atoms with van der Waals surface area (Å²) < 4.78 is 23.9. The minimum Gasteiger partial charge on any atom is -0.387 e. The van der Waals surface area contributed by atoms with Gasteiger partial charge in [-0.25, -0.2) is 4.57 Å². The van der Waals surface area contributed by atoms with Gasteiger partial charge in [-0.05, 0) is 57.8 Å². The van der Waals surface area contributed by atoms with Crippen molar-refractivity contribution in [1.29, 1.82) is 0 Å². The Labute approximate surface area is 557 Å². The van der Waals surface area contributed by atoms with Gasteiger partial charge in [0.25, 0.3) is 0 Å². The number of likely N-dealkylation sites (N-methyl/N-ethyl adjacent to an activating group) is 1. The average Bonchev–Trinajstić information content (AvgIpc) is 3.64. The Hall–Kier alpha value is -1.28. The third-order valence-electron chi connectivity index (χ3n) is 18.6. The van der Waals surface area contributed by atoms with E-state index in [1.165, 1.54) is 360 Å². The molecular weight excluding hydrogens is 1120 g/mol. The average molecular weight is 1280 g/mol. The van der Waals surface area contributed by atoms with Crippen LogP contribution in [0.4, 0.5) is 0 Å². The molecule has 0 radical (unpaired) electrons. The maximum absolute atomic E-state index is 13.1. The van der Waals surface area contributed by atoms with Crippen molar-refractivity contribution in [3.8, 4) is 0 Å². The van der Waals surface area contributed by atoms with E-state index in [-0.39, 0.29) is 19.1 Å². The van der Waals surface area contributed by atoms with Crippen molar-refractivity contribution < 1.29 is 32.9 Å². The molecule has 0 heterocycles. The molecule has 0 aromatic heterocycles. The van der Waals surface area contributed by atoms with Crippen LogP contribution in [0.15, 0.2) is 36.5 Å². The smallest absolute Gasteiger partial charge is 0.387 e. The number of carbonyl (C=O) groups is 1. The first-order valence-electron chi connectivity index (χ1n) is 39.9. The van der Waals surface area contributed by atoms with Gasteiger partial charge in [-0.15, -0.1) is 0 Å². The van der Waals surface area contributed by atoms with Crippen molar-refractivity contribution in [2.45, 2.75) is 431 Å². The maximum Gasteiger partial charge on any atom is 0.472 e. The van der Waals surface area contributed by atoms with Crippen LogP contribution in [0.3, 0.4) is 0 Å². The molecule has 0 saturated heterocycles. The fraction of sp³-hybridized carbons (Fsp3) is 0.912. The topological polar surface area (TPSA) is 105 Å². The zero-order valence-corrected chi connectivity index (χ0v) is 61.6. The molecule has 0 bridgehead atoms. The van der Waals surface area contributed by atoms with Gasteiger partial charge in [0.15, 0.2) is 0 Å². The van der Waals surface area contributed by atoms with Crippen LogP contribution in [-0.4, -0.2) is 73.4 Å². The highest BCUT2D eigenvalue weighted by atomic mass is 31.2. The first-order chi connectivity index (χ1) is 43.5. The predicted octanol–water partition coefficient (Wildman–Crippen LogP) is 26.0. The maximum atomic E-state index is 13.1. The lowest BCUT2D eigenvalue weighted by atomic mass is 10.0. The van der Waals surface area contributed by atoms with Gasteiger partial charge in [-0.1, -0.05) is 391 Å². The highest BCUT2D eigenvalue weighted by molar-refractivity contribution is 7.47. The van der Waals surface area contributed by atoms with Crippen LogP contribution < -0.4 is 5.32 Å². The molecule has 8 nitrogen and oxygen atoms in total. The number of rotatable bonds is 75. The van der Waals surface area contributed by atoms with Crippen LogP contribution in [0.2, 0.25) is 0 Å². The number of amides is 1. The van der Waals surface area contributed by atoms with E-state index in [0.29, 0.717) is 17.4 Å². The number of allylic oxidation sites excluding steroid dienone is 5. The Balaban J connectivity index is 3.98. The molecule has 0 saturated carbocycles. The van der Waals surface area contributed by atoms with Crippen molar-refractivity contribution in [2.75, 3.05) is 40.9 Å². The molecule has 528 valence electrons. The fourth-order valence-corrected chi connectivity index (χ4v) is 13.2. The summed E-state index contributed by atoms with van der Waals surface area (Å²) >= 11 is 0. The Morgan fingerprint density at radius 2 is 0.618 bits per heavy atom. The number of nitrogens with one attached hydrogen (secondary N) is 1. The molecule has 0 rings (SSSR count). The predicted molar refractivity (Wildman–Crippen MR) is 392 cm³/mol. The number of aliphatic hydroxyl groups is 1. The summed E-state index contributed by atoms with van der Waals surface area (Å²) in [5.41, 5.74) is 0. The second-order valence-corrected chi connectivity index (χ2v) is 30.2. The summed E-state index contributed by atoms with van der Waals surface area (Å²) in [5.74, 6) is -0.177. The lowest BCUT2D eigenvalue weighted by molar-refractivity contribution is -0.870. The Morgan fingerprint density at radius 1 is 0.371 bits per heavy atom. The fourth-order valence-electron chi connectivity index (χ4n) is 12.4. The molecule has 0 fully saturated rings. The molecule has 0 aliphatic carbocycles. The minimum absolute atomic E-state index is 0.0584. The summed E-state index contributed by atoms with van der Waals surface area (Å²) in [7, 11) is 1.58. The van der Waals surface area contributed by atoms with Crippen LogP contribution in [0.25, 0.3) is 0 Å². The highest BCUT2D eigenvalue weighted by Crippen LogP contribution is 2.43. The van der Waals surface area contributed by atoms with E-state index in [0.717, 1.165) is 38.5 Å². The van der Waals surface area contributed by atoms with Crippen molar-refractivity contribution in [3.63, 3.8) is 0 Å². The summed E-state index contributed by atoms with van der Waals surface area (Å²) in [5, 5.41) is 14.0. The molecule has 0 aromatic carbocycles. The van der Waals surface area contributed by atoms with E-state index in [4.69, 9.17) is 9.05 Å². The van der Waals surface area contributed by atoms with Crippen molar-refractivity contribution >= 4 is 13.7 Å². The molecule has 0 aliphatic rings. The number of carbonyl (C=O) groups excluding carboxylic acids is 1. The zero-order valence-electron chi connectivity index (χ0n) is 60.7. The van der Waals surface area contributed by atoms with Crippen molar-refractivity contribution in [3.05, 3.63) is 36.5 Å². The summed E-state index contributed by atoms with van der Waals surface area (Å²) in [6, 6.07) is -0.864. The highest BCUT2D eigenvalue weighted by Gasteiger charge is 2.28. The van der Waals surface area contributed by atoms with Crippen LogP contribution in [-0.2, 0) is 18.4 Å². The number of hydrogen-bond acceptors (Lipinski definition) is 5. The van der Waals surface area contributed by atoms with E-state index in [2.05, 4.69) is 43.5 Å². The Bertz CT molecular complexity index is 1550. The molecular formula is C80H158N2O6P+. The van der Waals surface area contributed by atoms with Gasteiger partial charge in [0.2, 0.25) is 5.91 Å².